The van der Waals surface area contributed by atoms with E-state index in [1.807, 2.05) is 37.3 Å². The molecule has 3 aromatic carbocycles. The topological polar surface area (TPSA) is 75.7 Å². The molecule has 0 heterocycles. The van der Waals surface area contributed by atoms with Gasteiger partial charge in [-0.1, -0.05) is 41.9 Å². The summed E-state index contributed by atoms with van der Waals surface area (Å²) >= 11 is 6.24. The van der Waals surface area contributed by atoms with E-state index < -0.39 is 15.9 Å². The number of hydrogen-bond acceptors (Lipinski definition) is 4. The molecule has 6 nitrogen and oxygen atoms in total. The highest BCUT2D eigenvalue weighted by molar-refractivity contribution is 7.92. The van der Waals surface area contributed by atoms with E-state index in [0.717, 1.165) is 17.1 Å². The van der Waals surface area contributed by atoms with Gasteiger partial charge in [-0.2, -0.15) is 0 Å². The first-order valence-electron chi connectivity index (χ1n) is 10.5. The fourth-order valence-electron chi connectivity index (χ4n) is 3.33. The summed E-state index contributed by atoms with van der Waals surface area (Å²) in [4.78, 5) is 12.8. The third kappa shape index (κ3) is 6.06. The number of nitrogens with zero attached hydrogens (tertiary/aromatic N) is 1. The maximum absolute atomic E-state index is 13.2. The summed E-state index contributed by atoms with van der Waals surface area (Å²) in [6.07, 6.45) is 1.56. The number of rotatable bonds is 9. The van der Waals surface area contributed by atoms with Crippen molar-refractivity contribution in [2.45, 2.75) is 30.7 Å². The first-order chi connectivity index (χ1) is 15.7. The zero-order valence-corrected chi connectivity index (χ0v) is 20.4. The average Bonchev–Trinajstić information content (AvgIpc) is 2.83. The molecule has 3 aromatic rings. The van der Waals surface area contributed by atoms with Gasteiger partial charge in [0.2, 0.25) is 0 Å². The van der Waals surface area contributed by atoms with Crippen LogP contribution in [0.25, 0.3) is 0 Å². The van der Waals surface area contributed by atoms with Crippen molar-refractivity contribution in [3.8, 4) is 5.75 Å². The lowest BCUT2D eigenvalue weighted by Gasteiger charge is -2.20. The van der Waals surface area contributed by atoms with Crippen molar-refractivity contribution in [3.05, 3.63) is 88.9 Å². The minimum atomic E-state index is -3.91. The van der Waals surface area contributed by atoms with Crippen molar-refractivity contribution in [3.63, 3.8) is 0 Å². The molecular weight excluding hydrogens is 460 g/mol. The van der Waals surface area contributed by atoms with E-state index in [1.165, 1.54) is 37.9 Å². The van der Waals surface area contributed by atoms with E-state index in [2.05, 4.69) is 5.32 Å². The molecule has 0 aromatic heterocycles. The fourth-order valence-corrected chi connectivity index (χ4v) is 4.76. The van der Waals surface area contributed by atoms with Crippen LogP contribution in [0.3, 0.4) is 0 Å². The van der Waals surface area contributed by atoms with Crippen LogP contribution in [0.5, 0.6) is 5.75 Å². The molecule has 0 unspecified atom stereocenters. The monoisotopic (exact) mass is 486 g/mol. The number of methoxy groups -OCH3 is 1. The molecule has 33 heavy (non-hydrogen) atoms. The second-order valence-corrected chi connectivity index (χ2v) is 10.1. The second kappa shape index (κ2) is 10.7. The van der Waals surface area contributed by atoms with Crippen LogP contribution in [0.15, 0.2) is 77.7 Å². The van der Waals surface area contributed by atoms with Crippen LogP contribution in [0.2, 0.25) is 5.02 Å². The van der Waals surface area contributed by atoms with Gasteiger partial charge in [-0.15, -0.1) is 0 Å². The molecule has 3 rings (SSSR count). The van der Waals surface area contributed by atoms with E-state index in [9.17, 15) is 13.2 Å². The van der Waals surface area contributed by atoms with Crippen molar-refractivity contribution in [2.75, 3.05) is 18.5 Å². The first-order valence-corrected chi connectivity index (χ1v) is 12.3. The molecule has 0 radical (unpaired) electrons. The zero-order chi connectivity index (χ0) is 24.0. The van der Waals surface area contributed by atoms with Gasteiger partial charge in [0.05, 0.1) is 28.3 Å². The molecule has 1 atom stereocenters. The standard InChI is InChI=1S/C25H27ClN2O4S/c1-18(9-10-19-7-5-4-6-8-19)27-25(29)23-17-22(15-16-24(23)26)33(30,31)28(2)20-11-13-21(32-3)14-12-20/h4-8,11-18H,9-10H2,1-3H3,(H,27,29)/t18-/m1/s1. The zero-order valence-electron chi connectivity index (χ0n) is 18.8. The van der Waals surface area contributed by atoms with Crippen LogP contribution in [0.4, 0.5) is 5.69 Å². The third-order valence-electron chi connectivity index (χ3n) is 5.36. The Kier molecular flexibility index (Phi) is 8.00. The van der Waals surface area contributed by atoms with Crippen molar-refractivity contribution < 1.29 is 17.9 Å². The molecule has 174 valence electrons. The number of carbonyl (C=O) groups is 1. The van der Waals surface area contributed by atoms with Gasteiger partial charge in [0.25, 0.3) is 15.9 Å². The second-order valence-electron chi connectivity index (χ2n) is 7.71. The van der Waals surface area contributed by atoms with E-state index in [4.69, 9.17) is 16.3 Å². The number of anilines is 1. The van der Waals surface area contributed by atoms with Crippen LogP contribution < -0.4 is 14.4 Å². The van der Waals surface area contributed by atoms with Crippen LogP contribution in [-0.4, -0.2) is 34.5 Å². The average molecular weight is 487 g/mol. The maximum Gasteiger partial charge on any atom is 0.264 e. The lowest BCUT2D eigenvalue weighted by molar-refractivity contribution is 0.0938. The first kappa shape index (κ1) is 24.6. The molecule has 0 aliphatic carbocycles. The van der Waals surface area contributed by atoms with Gasteiger partial charge in [0.15, 0.2) is 0 Å². The Bertz CT molecular complexity index is 1200. The molecule has 0 spiro atoms. The number of sulfonamides is 1. The number of aryl methyl sites for hydroxylation is 1. The number of benzene rings is 3. The number of carbonyl (C=O) groups excluding carboxylic acids is 1. The smallest absolute Gasteiger partial charge is 0.264 e. The molecule has 0 saturated carbocycles. The highest BCUT2D eigenvalue weighted by Crippen LogP contribution is 2.27. The summed E-state index contributed by atoms with van der Waals surface area (Å²) in [5.74, 6) is 0.209. The summed E-state index contributed by atoms with van der Waals surface area (Å²) in [6, 6.07) is 20.7. The van der Waals surface area contributed by atoms with Gasteiger partial charge in [-0.05, 0) is 67.8 Å². The van der Waals surface area contributed by atoms with Gasteiger partial charge >= 0.3 is 0 Å². The Morgan fingerprint density at radius 3 is 2.36 bits per heavy atom. The van der Waals surface area contributed by atoms with Crippen LogP contribution >= 0.6 is 11.6 Å². The van der Waals surface area contributed by atoms with E-state index in [1.54, 1.807) is 24.3 Å². The van der Waals surface area contributed by atoms with Crippen LogP contribution in [-0.2, 0) is 16.4 Å². The molecule has 0 saturated heterocycles. The SMILES string of the molecule is COc1ccc(N(C)S(=O)(=O)c2ccc(Cl)c(C(=O)N[C@H](C)CCc3ccccc3)c2)cc1. The highest BCUT2D eigenvalue weighted by Gasteiger charge is 2.24. The largest absolute Gasteiger partial charge is 0.497 e. The molecule has 0 fully saturated rings. The van der Waals surface area contributed by atoms with E-state index in [0.29, 0.717) is 11.4 Å². The van der Waals surface area contributed by atoms with E-state index >= 15 is 0 Å². The Hall–Kier alpha value is -3.03. The number of hydrogen-bond donors (Lipinski definition) is 1. The summed E-state index contributed by atoms with van der Waals surface area (Å²) in [6.45, 7) is 1.91. The van der Waals surface area contributed by atoms with Crippen molar-refractivity contribution >= 4 is 33.2 Å². The quantitative estimate of drug-likeness (QED) is 0.465. The lowest BCUT2D eigenvalue weighted by atomic mass is 10.1. The summed E-state index contributed by atoms with van der Waals surface area (Å²) in [7, 11) is -0.910. The fraction of sp³-hybridized carbons (Fsp3) is 0.240. The van der Waals surface area contributed by atoms with Gasteiger partial charge in [0.1, 0.15) is 5.75 Å². The number of amides is 1. The minimum absolute atomic E-state index is 0.0210. The van der Waals surface area contributed by atoms with Crippen molar-refractivity contribution in [1.29, 1.82) is 0 Å². The maximum atomic E-state index is 13.2. The molecule has 1 N–H and O–H groups in total. The summed E-state index contributed by atoms with van der Waals surface area (Å²) in [5.41, 5.74) is 1.77. The predicted octanol–water partition coefficient (Wildman–Crippen LogP) is 4.92. The molecule has 0 aliphatic rings. The van der Waals surface area contributed by atoms with Gasteiger partial charge < -0.3 is 10.1 Å². The lowest BCUT2D eigenvalue weighted by Crippen LogP contribution is -2.33. The minimum Gasteiger partial charge on any atom is -0.497 e. The number of nitrogens with one attached hydrogen (secondary N) is 1. The predicted molar refractivity (Wildman–Crippen MR) is 132 cm³/mol. The molecule has 0 bridgehead atoms. The third-order valence-corrected chi connectivity index (χ3v) is 7.47. The Morgan fingerprint density at radius 1 is 1.06 bits per heavy atom. The van der Waals surface area contributed by atoms with Crippen LogP contribution in [0, 0.1) is 0 Å². The van der Waals surface area contributed by atoms with E-state index in [-0.39, 0.29) is 21.5 Å². The molecular formula is C25H27ClN2O4S. The van der Waals surface area contributed by atoms with Crippen LogP contribution in [0.1, 0.15) is 29.3 Å². The van der Waals surface area contributed by atoms with Crippen molar-refractivity contribution in [2.24, 2.45) is 0 Å². The highest BCUT2D eigenvalue weighted by atomic mass is 35.5. The van der Waals surface area contributed by atoms with Crippen molar-refractivity contribution in [1.82, 2.24) is 5.32 Å². The molecule has 1 amide bonds. The number of ether oxygens (including phenoxy) is 1. The Balaban J connectivity index is 1.75. The Labute approximate surface area is 200 Å². The summed E-state index contributed by atoms with van der Waals surface area (Å²) < 4.78 is 32.6. The Morgan fingerprint density at radius 2 is 1.73 bits per heavy atom. The van der Waals surface area contributed by atoms with Gasteiger partial charge in [0, 0.05) is 13.1 Å². The summed E-state index contributed by atoms with van der Waals surface area (Å²) in [5, 5.41) is 3.10. The van der Waals surface area contributed by atoms with Gasteiger partial charge in [-0.3, -0.25) is 9.10 Å². The normalized spacial score (nSPS) is 12.1. The van der Waals surface area contributed by atoms with Gasteiger partial charge in [-0.25, -0.2) is 8.42 Å². The molecule has 0 aliphatic heterocycles. The molecule has 8 heteroatoms. The number of halogens is 1.